The van der Waals surface area contributed by atoms with Crippen molar-refractivity contribution in [2.75, 3.05) is 7.11 Å². The molecular formula is C8H11F3O3. The average Bonchev–Trinajstić information content (AvgIpc) is 1.99. The summed E-state index contributed by atoms with van der Waals surface area (Å²) in [5, 5.41) is 0. The molecule has 0 aromatic heterocycles. The molecule has 3 nitrogen and oxygen atoms in total. The molecule has 0 N–H and O–H groups in total. The molecule has 14 heavy (non-hydrogen) atoms. The summed E-state index contributed by atoms with van der Waals surface area (Å²) in [6.45, 7) is 2.44. The first-order valence-corrected chi connectivity index (χ1v) is 3.90. The summed E-state index contributed by atoms with van der Waals surface area (Å²) >= 11 is 0. The first-order chi connectivity index (χ1) is 6.21. The van der Waals surface area contributed by atoms with Gasteiger partial charge in [0.1, 0.15) is 5.92 Å². The zero-order chi connectivity index (χ0) is 11.5. The number of methoxy groups -OCH3 is 1. The van der Waals surface area contributed by atoms with Gasteiger partial charge >= 0.3 is 12.1 Å². The van der Waals surface area contributed by atoms with Crippen LogP contribution in [-0.2, 0) is 14.3 Å². The average molecular weight is 212 g/mol. The van der Waals surface area contributed by atoms with Crippen molar-refractivity contribution in [3.8, 4) is 0 Å². The van der Waals surface area contributed by atoms with Crippen LogP contribution in [0, 0.1) is 11.8 Å². The number of hydrogen-bond acceptors (Lipinski definition) is 3. The van der Waals surface area contributed by atoms with Crippen molar-refractivity contribution in [2.45, 2.75) is 20.0 Å². The minimum absolute atomic E-state index is 0.869. The van der Waals surface area contributed by atoms with E-state index in [9.17, 15) is 22.8 Å². The summed E-state index contributed by atoms with van der Waals surface area (Å²) in [6, 6.07) is 0. The SMILES string of the molecule is COC(=O)C(=O)C(C(C)C)C(F)(F)F. The highest BCUT2D eigenvalue weighted by Gasteiger charge is 2.49. The Morgan fingerprint density at radius 1 is 1.21 bits per heavy atom. The van der Waals surface area contributed by atoms with Gasteiger partial charge in [0.05, 0.1) is 7.11 Å². The number of rotatable bonds is 3. The van der Waals surface area contributed by atoms with Gasteiger partial charge in [0.2, 0.25) is 0 Å². The number of ether oxygens (including phenoxy) is 1. The molecule has 0 aliphatic carbocycles. The standard InChI is InChI=1S/C8H11F3O3/c1-4(2)5(8(9,10)11)6(12)7(13)14-3/h4-5H,1-3H3. The highest BCUT2D eigenvalue weighted by molar-refractivity contribution is 6.34. The van der Waals surface area contributed by atoms with Gasteiger partial charge in [-0.05, 0) is 5.92 Å². The van der Waals surface area contributed by atoms with Crippen molar-refractivity contribution < 1.29 is 27.5 Å². The topological polar surface area (TPSA) is 43.4 Å². The Bertz CT molecular complexity index is 232. The third kappa shape index (κ3) is 3.01. The predicted molar refractivity (Wildman–Crippen MR) is 41.4 cm³/mol. The molecule has 0 aromatic rings. The van der Waals surface area contributed by atoms with E-state index in [2.05, 4.69) is 4.74 Å². The number of carbonyl (C=O) groups excluding carboxylic acids is 2. The monoisotopic (exact) mass is 212 g/mol. The fraction of sp³-hybridized carbons (Fsp3) is 0.750. The third-order valence-electron chi connectivity index (χ3n) is 1.69. The molecule has 0 saturated heterocycles. The second-order valence-corrected chi connectivity index (χ2v) is 3.12. The number of halogens is 3. The molecule has 1 unspecified atom stereocenters. The fourth-order valence-electron chi connectivity index (χ4n) is 1.06. The van der Waals surface area contributed by atoms with Gasteiger partial charge in [0, 0.05) is 0 Å². The summed E-state index contributed by atoms with van der Waals surface area (Å²) in [7, 11) is 0.869. The van der Waals surface area contributed by atoms with E-state index >= 15 is 0 Å². The van der Waals surface area contributed by atoms with E-state index in [-0.39, 0.29) is 0 Å². The van der Waals surface area contributed by atoms with Gasteiger partial charge in [-0.15, -0.1) is 0 Å². The van der Waals surface area contributed by atoms with E-state index in [1.54, 1.807) is 0 Å². The van der Waals surface area contributed by atoms with Crippen LogP contribution in [0.5, 0.6) is 0 Å². The van der Waals surface area contributed by atoms with Crippen molar-refractivity contribution >= 4 is 11.8 Å². The molecular weight excluding hydrogens is 201 g/mol. The van der Waals surface area contributed by atoms with Crippen molar-refractivity contribution in [1.82, 2.24) is 0 Å². The molecule has 0 aromatic carbocycles. The van der Waals surface area contributed by atoms with Crippen LogP contribution in [0.15, 0.2) is 0 Å². The summed E-state index contributed by atoms with van der Waals surface area (Å²) in [5.74, 6) is -6.27. The first kappa shape index (κ1) is 12.9. The number of hydrogen-bond donors (Lipinski definition) is 0. The van der Waals surface area contributed by atoms with E-state index in [0.717, 1.165) is 7.11 Å². The van der Waals surface area contributed by atoms with Crippen LogP contribution in [0.1, 0.15) is 13.8 Å². The lowest BCUT2D eigenvalue weighted by atomic mass is 9.91. The van der Waals surface area contributed by atoms with E-state index in [0.29, 0.717) is 0 Å². The zero-order valence-electron chi connectivity index (χ0n) is 8.01. The highest BCUT2D eigenvalue weighted by Crippen LogP contribution is 2.32. The maximum Gasteiger partial charge on any atom is 0.399 e. The largest absolute Gasteiger partial charge is 0.463 e. The highest BCUT2D eigenvalue weighted by atomic mass is 19.4. The van der Waals surface area contributed by atoms with Gasteiger partial charge in [0.25, 0.3) is 5.78 Å². The Morgan fingerprint density at radius 2 is 1.64 bits per heavy atom. The van der Waals surface area contributed by atoms with Gasteiger partial charge in [-0.25, -0.2) is 4.79 Å². The second-order valence-electron chi connectivity index (χ2n) is 3.12. The molecule has 1 atom stereocenters. The van der Waals surface area contributed by atoms with Gasteiger partial charge in [-0.3, -0.25) is 4.79 Å². The normalized spacial score (nSPS) is 13.9. The van der Waals surface area contributed by atoms with Gasteiger partial charge < -0.3 is 4.74 Å². The summed E-state index contributed by atoms with van der Waals surface area (Å²) in [5.41, 5.74) is 0. The lowest BCUT2D eigenvalue weighted by Gasteiger charge is -2.20. The smallest absolute Gasteiger partial charge is 0.399 e. The Morgan fingerprint density at radius 3 is 1.86 bits per heavy atom. The van der Waals surface area contributed by atoms with E-state index in [1.807, 2.05) is 0 Å². The molecule has 0 bridgehead atoms. The number of esters is 1. The first-order valence-electron chi connectivity index (χ1n) is 3.90. The maximum absolute atomic E-state index is 12.3. The van der Waals surface area contributed by atoms with Crippen LogP contribution in [0.2, 0.25) is 0 Å². The van der Waals surface area contributed by atoms with Crippen molar-refractivity contribution in [3.63, 3.8) is 0 Å². The van der Waals surface area contributed by atoms with Crippen LogP contribution in [0.4, 0.5) is 13.2 Å². The number of Topliss-reactive ketones (excluding diaryl/α,β-unsaturated/α-hetero) is 1. The molecule has 0 aliphatic rings. The summed E-state index contributed by atoms with van der Waals surface area (Å²) in [4.78, 5) is 21.6. The molecule has 0 saturated carbocycles. The fourth-order valence-corrected chi connectivity index (χ4v) is 1.06. The summed E-state index contributed by atoms with van der Waals surface area (Å²) < 4.78 is 40.8. The molecule has 0 aliphatic heterocycles. The van der Waals surface area contributed by atoms with Gasteiger partial charge in [-0.1, -0.05) is 13.8 Å². The summed E-state index contributed by atoms with van der Waals surface area (Å²) in [6.07, 6.45) is -4.71. The Hall–Kier alpha value is -1.07. The minimum atomic E-state index is -4.71. The predicted octanol–water partition coefficient (Wildman–Crippen LogP) is 1.56. The second kappa shape index (κ2) is 4.43. The Labute approximate surface area is 79.2 Å². The van der Waals surface area contributed by atoms with Crippen LogP contribution in [0.3, 0.4) is 0 Å². The maximum atomic E-state index is 12.3. The quantitative estimate of drug-likeness (QED) is 0.526. The van der Waals surface area contributed by atoms with E-state index in [1.165, 1.54) is 13.8 Å². The third-order valence-corrected chi connectivity index (χ3v) is 1.69. The number of alkyl halides is 3. The van der Waals surface area contributed by atoms with Gasteiger partial charge in [-0.2, -0.15) is 13.2 Å². The Balaban J connectivity index is 4.86. The lowest BCUT2D eigenvalue weighted by molar-refractivity contribution is -0.194. The Kier molecular flexibility index (Phi) is 4.09. The number of ketones is 1. The van der Waals surface area contributed by atoms with Crippen LogP contribution in [-0.4, -0.2) is 25.0 Å². The molecule has 0 fully saturated rings. The molecule has 6 heteroatoms. The van der Waals surface area contributed by atoms with Crippen molar-refractivity contribution in [1.29, 1.82) is 0 Å². The lowest BCUT2D eigenvalue weighted by Crippen LogP contribution is -2.39. The molecule has 0 radical (unpaired) electrons. The van der Waals surface area contributed by atoms with Crippen LogP contribution >= 0.6 is 0 Å². The van der Waals surface area contributed by atoms with E-state index < -0.39 is 29.8 Å². The van der Waals surface area contributed by atoms with E-state index in [4.69, 9.17) is 0 Å². The number of carbonyl (C=O) groups is 2. The van der Waals surface area contributed by atoms with Crippen molar-refractivity contribution in [2.24, 2.45) is 11.8 Å². The zero-order valence-corrected chi connectivity index (χ0v) is 8.01. The molecule has 0 rings (SSSR count). The molecule has 0 heterocycles. The molecule has 82 valence electrons. The van der Waals surface area contributed by atoms with Crippen LogP contribution in [0.25, 0.3) is 0 Å². The van der Waals surface area contributed by atoms with Gasteiger partial charge in [0.15, 0.2) is 0 Å². The van der Waals surface area contributed by atoms with Crippen LogP contribution < -0.4 is 0 Å². The molecule has 0 spiro atoms. The minimum Gasteiger partial charge on any atom is -0.463 e. The van der Waals surface area contributed by atoms with Crippen molar-refractivity contribution in [3.05, 3.63) is 0 Å². The molecule has 0 amide bonds.